The molecule has 0 saturated carbocycles. The molecule has 1 amide bonds. The molecule has 1 fully saturated rings. The molecule has 2 aromatic heterocycles. The van der Waals surface area contributed by atoms with Crippen molar-refractivity contribution in [3.8, 4) is 11.3 Å². The van der Waals surface area contributed by atoms with Gasteiger partial charge in [-0.3, -0.25) is 9.78 Å². The van der Waals surface area contributed by atoms with E-state index in [1.807, 2.05) is 36.4 Å². The number of benzene rings is 1. The highest BCUT2D eigenvalue weighted by Crippen LogP contribution is 2.29. The molecule has 7 heteroatoms. The fourth-order valence-corrected chi connectivity index (χ4v) is 4.09. The molecule has 2 N–H and O–H groups in total. The Morgan fingerprint density at radius 1 is 1.16 bits per heavy atom. The Labute approximate surface area is 179 Å². The number of H-pyrrole nitrogens is 1. The summed E-state index contributed by atoms with van der Waals surface area (Å²) in [6.45, 7) is 3.52. The Kier molecular flexibility index (Phi) is 5.26. The number of amides is 1. The van der Waals surface area contributed by atoms with Crippen molar-refractivity contribution in [1.29, 1.82) is 0 Å². The van der Waals surface area contributed by atoms with Gasteiger partial charge in [0, 0.05) is 60.5 Å². The summed E-state index contributed by atoms with van der Waals surface area (Å²) >= 11 is 0. The normalized spacial score (nSPS) is 16.7. The Balaban J connectivity index is 1.45. The van der Waals surface area contributed by atoms with Gasteiger partial charge in [0.25, 0.3) is 5.91 Å². The van der Waals surface area contributed by atoms with Crippen LogP contribution < -0.4 is 10.2 Å². The van der Waals surface area contributed by atoms with Gasteiger partial charge in [-0.05, 0) is 30.3 Å². The Bertz CT molecular complexity index is 1150. The van der Waals surface area contributed by atoms with Gasteiger partial charge in [-0.15, -0.1) is 0 Å². The average molecular weight is 418 g/mol. The molecular formula is C24H23FN4O2. The first-order valence-corrected chi connectivity index (χ1v) is 10.4. The lowest BCUT2D eigenvalue weighted by molar-refractivity contribution is 0.0946. The van der Waals surface area contributed by atoms with Crippen molar-refractivity contribution in [3.63, 3.8) is 0 Å². The maximum absolute atomic E-state index is 15.2. The molecular weight excluding hydrogens is 395 g/mol. The molecule has 1 aromatic carbocycles. The first-order chi connectivity index (χ1) is 15.2. The van der Waals surface area contributed by atoms with Crippen molar-refractivity contribution in [1.82, 2.24) is 15.3 Å². The minimum atomic E-state index is -0.406. The number of carbonyl (C=O) groups is 1. The van der Waals surface area contributed by atoms with E-state index in [1.54, 1.807) is 12.3 Å². The minimum absolute atomic E-state index is 0.0798. The second-order valence-electron chi connectivity index (χ2n) is 7.66. The summed E-state index contributed by atoms with van der Waals surface area (Å²) in [6.07, 6.45) is 3.88. The summed E-state index contributed by atoms with van der Waals surface area (Å²) in [4.78, 5) is 21.8. The monoisotopic (exact) mass is 418 g/mol. The number of aromatic amines is 1. The van der Waals surface area contributed by atoms with Crippen molar-refractivity contribution in [2.24, 2.45) is 0 Å². The number of nitrogens with one attached hydrogen (secondary N) is 2. The third-order valence-electron chi connectivity index (χ3n) is 5.69. The number of anilines is 1. The van der Waals surface area contributed by atoms with Gasteiger partial charge in [0.1, 0.15) is 5.83 Å². The number of hydrogen-bond acceptors (Lipinski definition) is 4. The number of pyridine rings is 1. The standard InChI is InChI=1S/C24H23FN4O2/c25-19(13-17-3-1-2-4-23(17)29-9-11-31-12-10-29)22-14-16(5-7-26-22)21-15-18-20(28-21)6-8-27-24(18)30/h1-5,7,13-15,28H,6,8-12H2,(H,27,30). The number of nitrogens with zero attached hydrogens (tertiary/aromatic N) is 2. The van der Waals surface area contributed by atoms with Gasteiger partial charge >= 0.3 is 0 Å². The van der Waals surface area contributed by atoms with E-state index in [1.165, 1.54) is 6.08 Å². The Hall–Kier alpha value is -3.45. The molecule has 1 saturated heterocycles. The van der Waals surface area contributed by atoms with Crippen molar-refractivity contribution < 1.29 is 13.9 Å². The maximum atomic E-state index is 15.2. The molecule has 0 radical (unpaired) electrons. The van der Waals surface area contributed by atoms with Crippen LogP contribution in [0.4, 0.5) is 10.1 Å². The Morgan fingerprint density at radius 2 is 2.00 bits per heavy atom. The summed E-state index contributed by atoms with van der Waals surface area (Å²) in [7, 11) is 0. The third-order valence-corrected chi connectivity index (χ3v) is 5.69. The molecule has 0 bridgehead atoms. The molecule has 0 spiro atoms. The van der Waals surface area contributed by atoms with Crippen LogP contribution in [0.15, 0.2) is 48.7 Å². The first-order valence-electron chi connectivity index (χ1n) is 10.4. The molecule has 2 aliphatic heterocycles. The van der Waals surface area contributed by atoms with Crippen LogP contribution >= 0.6 is 0 Å². The van der Waals surface area contributed by atoms with Gasteiger partial charge in [-0.2, -0.15) is 0 Å². The largest absolute Gasteiger partial charge is 0.378 e. The number of fused-ring (bicyclic) bond motifs is 1. The average Bonchev–Trinajstić information content (AvgIpc) is 3.26. The first kappa shape index (κ1) is 19.5. The predicted octanol–water partition coefficient (Wildman–Crippen LogP) is 3.67. The quantitative estimate of drug-likeness (QED) is 0.678. The number of rotatable bonds is 4. The zero-order chi connectivity index (χ0) is 21.2. The predicted molar refractivity (Wildman–Crippen MR) is 119 cm³/mol. The lowest BCUT2D eigenvalue weighted by atomic mass is 10.1. The highest BCUT2D eigenvalue weighted by molar-refractivity contribution is 5.97. The SMILES string of the molecule is O=C1NCCc2[nH]c(-c3ccnc(C(F)=Cc4ccccc4N4CCOCC4)c3)cc21. The van der Waals surface area contributed by atoms with Crippen LogP contribution in [0.5, 0.6) is 0 Å². The van der Waals surface area contributed by atoms with Crippen LogP contribution in [0.25, 0.3) is 23.2 Å². The molecule has 31 heavy (non-hydrogen) atoms. The molecule has 2 aliphatic rings. The minimum Gasteiger partial charge on any atom is -0.378 e. The zero-order valence-corrected chi connectivity index (χ0v) is 17.0. The van der Waals surface area contributed by atoms with Crippen molar-refractivity contribution in [3.05, 3.63) is 71.2 Å². The van der Waals surface area contributed by atoms with E-state index in [2.05, 4.69) is 20.2 Å². The molecule has 0 aliphatic carbocycles. The van der Waals surface area contributed by atoms with Gasteiger partial charge in [-0.1, -0.05) is 18.2 Å². The number of morpholine rings is 1. The summed E-state index contributed by atoms with van der Waals surface area (Å²) in [5.74, 6) is -0.486. The van der Waals surface area contributed by atoms with Crippen molar-refractivity contribution in [2.45, 2.75) is 6.42 Å². The molecule has 158 valence electrons. The van der Waals surface area contributed by atoms with Gasteiger partial charge in [0.05, 0.1) is 24.5 Å². The van der Waals surface area contributed by atoms with Crippen LogP contribution in [0.1, 0.15) is 27.3 Å². The van der Waals surface area contributed by atoms with Crippen molar-refractivity contribution in [2.75, 3.05) is 37.7 Å². The van der Waals surface area contributed by atoms with Gasteiger partial charge < -0.3 is 19.9 Å². The maximum Gasteiger partial charge on any atom is 0.253 e. The van der Waals surface area contributed by atoms with E-state index >= 15 is 4.39 Å². The molecule has 5 rings (SSSR count). The second-order valence-corrected chi connectivity index (χ2v) is 7.66. The molecule has 6 nitrogen and oxygen atoms in total. The number of halogens is 1. The highest BCUT2D eigenvalue weighted by Gasteiger charge is 2.20. The van der Waals surface area contributed by atoms with Gasteiger partial charge in [0.2, 0.25) is 0 Å². The van der Waals surface area contributed by atoms with E-state index in [0.717, 1.165) is 47.7 Å². The smallest absolute Gasteiger partial charge is 0.253 e. The van der Waals surface area contributed by atoms with E-state index in [4.69, 9.17) is 4.74 Å². The van der Waals surface area contributed by atoms with E-state index in [0.29, 0.717) is 25.3 Å². The van der Waals surface area contributed by atoms with Crippen LogP contribution in [0.2, 0.25) is 0 Å². The summed E-state index contributed by atoms with van der Waals surface area (Å²) in [5.41, 5.74) is 5.18. The zero-order valence-electron chi connectivity index (χ0n) is 17.0. The molecule has 4 heterocycles. The number of carbonyl (C=O) groups excluding carboxylic acids is 1. The van der Waals surface area contributed by atoms with Crippen LogP contribution in [-0.2, 0) is 11.2 Å². The van der Waals surface area contributed by atoms with Gasteiger partial charge in [0.15, 0.2) is 0 Å². The van der Waals surface area contributed by atoms with Gasteiger partial charge in [-0.25, -0.2) is 4.39 Å². The van der Waals surface area contributed by atoms with Crippen molar-refractivity contribution >= 4 is 23.5 Å². The highest BCUT2D eigenvalue weighted by atomic mass is 19.1. The lowest BCUT2D eigenvalue weighted by Crippen LogP contribution is -2.36. The van der Waals surface area contributed by atoms with E-state index < -0.39 is 5.83 Å². The summed E-state index contributed by atoms with van der Waals surface area (Å²) in [6, 6.07) is 13.1. The third kappa shape index (κ3) is 3.96. The number of para-hydroxylation sites is 1. The second kappa shape index (κ2) is 8.35. The summed E-state index contributed by atoms with van der Waals surface area (Å²) in [5, 5.41) is 2.84. The van der Waals surface area contributed by atoms with Crippen LogP contribution in [0.3, 0.4) is 0 Å². The lowest BCUT2D eigenvalue weighted by Gasteiger charge is -2.30. The summed E-state index contributed by atoms with van der Waals surface area (Å²) < 4.78 is 20.7. The molecule has 3 aromatic rings. The fourth-order valence-electron chi connectivity index (χ4n) is 4.09. The molecule has 0 atom stereocenters. The fraction of sp³-hybridized carbons (Fsp3) is 0.250. The molecule has 0 unspecified atom stereocenters. The topological polar surface area (TPSA) is 70.2 Å². The number of aromatic nitrogens is 2. The van der Waals surface area contributed by atoms with Crippen LogP contribution in [0, 0.1) is 0 Å². The van der Waals surface area contributed by atoms with E-state index in [9.17, 15) is 4.79 Å². The number of hydrogen-bond donors (Lipinski definition) is 2. The number of ether oxygens (including phenoxy) is 1. The Morgan fingerprint density at radius 3 is 2.84 bits per heavy atom. The van der Waals surface area contributed by atoms with Crippen LogP contribution in [-0.4, -0.2) is 48.7 Å². The van der Waals surface area contributed by atoms with E-state index in [-0.39, 0.29) is 11.6 Å².